The number of benzene rings is 1. The Morgan fingerprint density at radius 3 is 2.52 bits per heavy atom. The smallest absolute Gasteiger partial charge is 0.328 e. The van der Waals surface area contributed by atoms with Crippen molar-refractivity contribution in [2.75, 3.05) is 6.61 Å². The fourth-order valence-electron chi connectivity index (χ4n) is 2.18. The lowest BCUT2D eigenvalue weighted by atomic mass is 9.99. The highest BCUT2D eigenvalue weighted by Gasteiger charge is 2.44. The van der Waals surface area contributed by atoms with Gasteiger partial charge in [-0.25, -0.2) is 4.79 Å². The van der Waals surface area contributed by atoms with Crippen LogP contribution in [0.15, 0.2) is 30.3 Å². The first-order valence-corrected chi connectivity index (χ1v) is 6.91. The summed E-state index contributed by atoms with van der Waals surface area (Å²) in [6, 6.07) is 6.43. The van der Waals surface area contributed by atoms with Crippen molar-refractivity contribution in [2.45, 2.75) is 30.7 Å². The van der Waals surface area contributed by atoms with Gasteiger partial charge in [-0.05, 0) is 12.1 Å². The zero-order chi connectivity index (χ0) is 17.0. The summed E-state index contributed by atoms with van der Waals surface area (Å²) in [5.41, 5.74) is 0.423. The molecular weight excluding hydrogens is 308 g/mol. The molecule has 0 saturated carbocycles. The van der Waals surface area contributed by atoms with Crippen molar-refractivity contribution in [3.8, 4) is 5.75 Å². The molecule has 8 nitrogen and oxygen atoms in total. The molecule has 1 aliphatic heterocycles. The lowest BCUT2D eigenvalue weighted by Gasteiger charge is -2.39. The van der Waals surface area contributed by atoms with Crippen LogP contribution in [0.5, 0.6) is 5.75 Å². The molecule has 0 aliphatic carbocycles. The maximum Gasteiger partial charge on any atom is 0.328 e. The molecule has 0 bridgehead atoms. The summed E-state index contributed by atoms with van der Waals surface area (Å²) in [5, 5.41) is 47.2. The van der Waals surface area contributed by atoms with Gasteiger partial charge in [0.2, 0.25) is 6.29 Å². The minimum atomic E-state index is -1.55. The Balaban J connectivity index is 2.19. The van der Waals surface area contributed by atoms with E-state index in [1.165, 1.54) is 12.1 Å². The van der Waals surface area contributed by atoms with Crippen molar-refractivity contribution in [1.82, 2.24) is 0 Å². The average Bonchev–Trinajstić information content (AvgIpc) is 2.54. The number of aliphatic hydroxyl groups excluding tert-OH is 4. The van der Waals surface area contributed by atoms with E-state index in [2.05, 4.69) is 0 Å². The van der Waals surface area contributed by atoms with E-state index in [-0.39, 0.29) is 5.75 Å². The Morgan fingerprint density at radius 2 is 1.87 bits per heavy atom. The van der Waals surface area contributed by atoms with Gasteiger partial charge in [-0.2, -0.15) is 0 Å². The molecule has 1 aromatic rings. The third kappa shape index (κ3) is 4.06. The van der Waals surface area contributed by atoms with E-state index in [1.54, 1.807) is 18.2 Å². The van der Waals surface area contributed by atoms with E-state index >= 15 is 0 Å². The summed E-state index contributed by atoms with van der Waals surface area (Å²) in [5.74, 6) is -0.915. The molecule has 0 amide bonds. The van der Waals surface area contributed by atoms with E-state index in [4.69, 9.17) is 19.7 Å². The van der Waals surface area contributed by atoms with Gasteiger partial charge in [0, 0.05) is 11.6 Å². The summed E-state index contributed by atoms with van der Waals surface area (Å²) in [7, 11) is 0. The van der Waals surface area contributed by atoms with Crippen molar-refractivity contribution in [3.63, 3.8) is 0 Å². The highest BCUT2D eigenvalue weighted by molar-refractivity contribution is 5.85. The first kappa shape index (κ1) is 17.4. The molecule has 0 radical (unpaired) electrons. The lowest BCUT2D eigenvalue weighted by molar-refractivity contribution is -0.277. The first-order valence-electron chi connectivity index (χ1n) is 6.91. The molecule has 0 unspecified atom stereocenters. The van der Waals surface area contributed by atoms with E-state index in [1.807, 2.05) is 0 Å². The van der Waals surface area contributed by atoms with Gasteiger partial charge >= 0.3 is 5.97 Å². The number of carboxylic acid groups (broad SMARTS) is 1. The molecule has 8 heteroatoms. The second-order valence-corrected chi connectivity index (χ2v) is 5.02. The molecule has 126 valence electrons. The predicted octanol–water partition coefficient (Wildman–Crippen LogP) is -1.04. The highest BCUT2D eigenvalue weighted by atomic mass is 16.7. The number of aliphatic hydroxyl groups is 4. The van der Waals surface area contributed by atoms with Gasteiger partial charge in [-0.3, -0.25) is 0 Å². The molecule has 1 aliphatic rings. The van der Waals surface area contributed by atoms with Crippen molar-refractivity contribution in [1.29, 1.82) is 0 Å². The summed E-state index contributed by atoms with van der Waals surface area (Å²) >= 11 is 0. The number of rotatable bonds is 5. The molecular formula is C15H18O8. The number of carboxylic acids is 1. The van der Waals surface area contributed by atoms with Gasteiger partial charge in [0.25, 0.3) is 0 Å². The molecule has 5 N–H and O–H groups in total. The van der Waals surface area contributed by atoms with Gasteiger partial charge in [0.1, 0.15) is 30.2 Å². The Hall–Kier alpha value is -1.97. The van der Waals surface area contributed by atoms with Crippen LogP contribution in [0.25, 0.3) is 6.08 Å². The van der Waals surface area contributed by atoms with Crippen LogP contribution < -0.4 is 4.74 Å². The van der Waals surface area contributed by atoms with Gasteiger partial charge in [0.15, 0.2) is 0 Å². The van der Waals surface area contributed by atoms with Crippen molar-refractivity contribution in [3.05, 3.63) is 35.9 Å². The predicted molar refractivity (Wildman–Crippen MR) is 77.5 cm³/mol. The Bertz CT molecular complexity index is 570. The molecule has 1 fully saturated rings. The van der Waals surface area contributed by atoms with Crippen molar-refractivity contribution >= 4 is 12.0 Å². The van der Waals surface area contributed by atoms with E-state index in [0.29, 0.717) is 5.56 Å². The summed E-state index contributed by atoms with van der Waals surface area (Å²) < 4.78 is 10.7. The quantitative estimate of drug-likeness (QED) is 0.433. The first-order chi connectivity index (χ1) is 10.9. The number of hydrogen-bond acceptors (Lipinski definition) is 7. The standard InChI is InChI=1S/C15H18O8/c16-7-10-12(19)13(20)14(21)15(23-10)22-9-4-2-1-3-8(9)5-6-11(17)18/h1-6,10,12-16,19-21H,7H2,(H,17,18)/b6-5+/t10-,12-,13-,14-,15-/m1/s1. The highest BCUT2D eigenvalue weighted by Crippen LogP contribution is 2.27. The van der Waals surface area contributed by atoms with Gasteiger partial charge in [-0.1, -0.05) is 18.2 Å². The van der Waals surface area contributed by atoms with Gasteiger partial charge < -0.3 is 35.0 Å². The molecule has 23 heavy (non-hydrogen) atoms. The fraction of sp³-hybridized carbons (Fsp3) is 0.400. The monoisotopic (exact) mass is 326 g/mol. The molecule has 1 saturated heterocycles. The summed E-state index contributed by atoms with van der Waals surface area (Å²) in [6.45, 7) is -0.564. The van der Waals surface area contributed by atoms with Crippen LogP contribution in [-0.2, 0) is 9.53 Å². The molecule has 1 aromatic carbocycles. The Kier molecular flexibility index (Phi) is 5.69. The van der Waals surface area contributed by atoms with Crippen LogP contribution in [0.3, 0.4) is 0 Å². The molecule has 5 atom stereocenters. The van der Waals surface area contributed by atoms with Gasteiger partial charge in [-0.15, -0.1) is 0 Å². The number of carbonyl (C=O) groups is 1. The Labute approximate surface area is 131 Å². The Morgan fingerprint density at radius 1 is 1.17 bits per heavy atom. The lowest BCUT2D eigenvalue weighted by Crippen LogP contribution is -2.60. The number of hydrogen-bond donors (Lipinski definition) is 5. The second-order valence-electron chi connectivity index (χ2n) is 5.02. The van der Waals surface area contributed by atoms with E-state index in [0.717, 1.165) is 6.08 Å². The van der Waals surface area contributed by atoms with Crippen LogP contribution in [0.2, 0.25) is 0 Å². The maximum absolute atomic E-state index is 10.6. The number of para-hydroxylation sites is 1. The molecule has 2 rings (SSSR count). The van der Waals surface area contributed by atoms with Crippen LogP contribution in [0.1, 0.15) is 5.56 Å². The minimum absolute atomic E-state index is 0.217. The van der Waals surface area contributed by atoms with Gasteiger partial charge in [0.05, 0.1) is 6.61 Å². The topological polar surface area (TPSA) is 137 Å². The van der Waals surface area contributed by atoms with Crippen molar-refractivity contribution < 1.29 is 39.8 Å². The zero-order valence-corrected chi connectivity index (χ0v) is 12.0. The van der Waals surface area contributed by atoms with Crippen LogP contribution in [0.4, 0.5) is 0 Å². The van der Waals surface area contributed by atoms with Crippen LogP contribution >= 0.6 is 0 Å². The average molecular weight is 326 g/mol. The normalized spacial score (nSPS) is 31.2. The minimum Gasteiger partial charge on any atom is -0.478 e. The molecule has 1 heterocycles. The zero-order valence-electron chi connectivity index (χ0n) is 12.0. The summed E-state index contributed by atoms with van der Waals surface area (Å²) in [6.07, 6.45) is -4.74. The maximum atomic E-state index is 10.6. The second kappa shape index (κ2) is 7.53. The largest absolute Gasteiger partial charge is 0.478 e. The third-order valence-electron chi connectivity index (χ3n) is 3.42. The van der Waals surface area contributed by atoms with Crippen molar-refractivity contribution in [2.24, 2.45) is 0 Å². The van der Waals surface area contributed by atoms with E-state index in [9.17, 15) is 20.1 Å². The number of aliphatic carboxylic acids is 1. The SMILES string of the molecule is O=C(O)/C=C/c1ccccc1O[C@@H]1O[C@H](CO)[C@@H](O)[C@@H](O)[C@H]1O. The van der Waals surface area contributed by atoms with E-state index < -0.39 is 43.3 Å². The third-order valence-corrected chi connectivity index (χ3v) is 3.42. The number of ether oxygens (including phenoxy) is 2. The summed E-state index contributed by atoms with van der Waals surface area (Å²) in [4.78, 5) is 10.6. The van der Waals surface area contributed by atoms with Crippen LogP contribution in [-0.4, -0.2) is 68.8 Å². The molecule has 0 spiro atoms. The fourth-order valence-corrected chi connectivity index (χ4v) is 2.18. The van der Waals surface area contributed by atoms with Crippen LogP contribution in [0, 0.1) is 0 Å². The molecule has 0 aromatic heterocycles.